The van der Waals surface area contributed by atoms with E-state index >= 15 is 0 Å². The highest BCUT2D eigenvalue weighted by Crippen LogP contribution is 2.19. The molecule has 3 aromatic rings. The van der Waals surface area contributed by atoms with E-state index in [9.17, 15) is 4.79 Å². The van der Waals surface area contributed by atoms with Crippen molar-refractivity contribution < 1.29 is 19.0 Å². The minimum absolute atomic E-state index is 0.206. The highest BCUT2D eigenvalue weighted by molar-refractivity contribution is 7.09. The quantitative estimate of drug-likeness (QED) is 0.544. The summed E-state index contributed by atoms with van der Waals surface area (Å²) in [6.45, 7) is 3.34. The van der Waals surface area contributed by atoms with Crippen LogP contribution in [0.15, 0.2) is 53.9 Å². The summed E-state index contributed by atoms with van der Waals surface area (Å²) < 4.78 is 16.2. The molecule has 1 N–H and O–H groups in total. The molecule has 0 bridgehead atoms. The number of aryl methyl sites for hydroxylation is 1. The zero-order chi connectivity index (χ0) is 19.8. The second-order valence-electron chi connectivity index (χ2n) is 5.99. The monoisotopic (exact) mass is 398 g/mol. The van der Waals surface area contributed by atoms with Gasteiger partial charge in [0, 0.05) is 23.7 Å². The number of methoxy groups -OCH3 is 1. The van der Waals surface area contributed by atoms with Crippen LogP contribution in [0.5, 0.6) is 11.5 Å². The molecule has 0 unspecified atom stereocenters. The maximum atomic E-state index is 12.5. The lowest BCUT2D eigenvalue weighted by Crippen LogP contribution is -2.12. The number of benzene rings is 2. The van der Waals surface area contributed by atoms with E-state index in [0.717, 1.165) is 16.5 Å². The summed E-state index contributed by atoms with van der Waals surface area (Å²) in [4.78, 5) is 16.9. The molecule has 0 spiro atoms. The molecule has 0 aliphatic heterocycles. The summed E-state index contributed by atoms with van der Waals surface area (Å²) in [6, 6.07) is 14.3. The van der Waals surface area contributed by atoms with E-state index in [2.05, 4.69) is 10.3 Å². The first-order valence-electron chi connectivity index (χ1n) is 8.81. The normalized spacial score (nSPS) is 10.5. The van der Waals surface area contributed by atoms with Gasteiger partial charge in [-0.05, 0) is 49.4 Å². The van der Waals surface area contributed by atoms with Crippen molar-refractivity contribution in [3.63, 3.8) is 0 Å². The van der Waals surface area contributed by atoms with E-state index in [0.29, 0.717) is 36.8 Å². The molecule has 1 aromatic heterocycles. The number of anilines is 1. The summed E-state index contributed by atoms with van der Waals surface area (Å²) >= 11 is 1.58. The van der Waals surface area contributed by atoms with Crippen molar-refractivity contribution in [3.05, 3.63) is 70.2 Å². The van der Waals surface area contributed by atoms with E-state index in [1.807, 2.05) is 18.4 Å². The van der Waals surface area contributed by atoms with Gasteiger partial charge in [-0.2, -0.15) is 0 Å². The fourth-order valence-electron chi connectivity index (χ4n) is 2.44. The Bertz CT molecular complexity index is 909. The molecular weight excluding hydrogens is 376 g/mol. The second-order valence-corrected chi connectivity index (χ2v) is 7.06. The lowest BCUT2D eigenvalue weighted by atomic mass is 10.2. The Morgan fingerprint density at radius 1 is 1.07 bits per heavy atom. The molecule has 0 aliphatic rings. The third-order valence-electron chi connectivity index (χ3n) is 3.82. The van der Waals surface area contributed by atoms with Crippen LogP contribution in [0, 0.1) is 6.92 Å². The maximum absolute atomic E-state index is 12.5. The maximum Gasteiger partial charge on any atom is 0.255 e. The molecule has 0 saturated carbocycles. The number of carbonyl (C=O) groups is 1. The third kappa shape index (κ3) is 5.80. The number of thiazole rings is 1. The van der Waals surface area contributed by atoms with Crippen LogP contribution in [0.4, 0.5) is 5.69 Å². The van der Waals surface area contributed by atoms with Gasteiger partial charge in [0.05, 0.1) is 17.3 Å². The van der Waals surface area contributed by atoms with E-state index in [1.54, 1.807) is 60.9 Å². The minimum Gasteiger partial charge on any atom is -0.491 e. The molecule has 146 valence electrons. The first-order valence-corrected chi connectivity index (χ1v) is 9.69. The van der Waals surface area contributed by atoms with Crippen molar-refractivity contribution in [1.29, 1.82) is 0 Å². The van der Waals surface area contributed by atoms with Gasteiger partial charge in [0.15, 0.2) is 0 Å². The van der Waals surface area contributed by atoms with Crippen LogP contribution in [0.1, 0.15) is 21.1 Å². The fraction of sp³-hybridized carbons (Fsp3) is 0.238. The van der Waals surface area contributed by atoms with E-state index in [1.165, 1.54) is 0 Å². The van der Waals surface area contributed by atoms with Gasteiger partial charge < -0.3 is 19.5 Å². The third-order valence-corrected chi connectivity index (χ3v) is 4.64. The lowest BCUT2D eigenvalue weighted by Gasteiger charge is -2.09. The molecular formula is C21H22N2O4S. The molecule has 1 amide bonds. The van der Waals surface area contributed by atoms with E-state index < -0.39 is 0 Å². The molecule has 3 rings (SSSR count). The molecule has 0 atom stereocenters. The Morgan fingerprint density at radius 2 is 1.89 bits per heavy atom. The van der Waals surface area contributed by atoms with Crippen molar-refractivity contribution in [2.24, 2.45) is 0 Å². The van der Waals surface area contributed by atoms with Crippen LogP contribution >= 0.6 is 11.3 Å². The fourth-order valence-corrected chi connectivity index (χ4v) is 3.04. The first kappa shape index (κ1) is 19.9. The van der Waals surface area contributed by atoms with Gasteiger partial charge >= 0.3 is 0 Å². The summed E-state index contributed by atoms with van der Waals surface area (Å²) in [5.41, 5.74) is 2.09. The minimum atomic E-state index is -0.206. The van der Waals surface area contributed by atoms with E-state index in [-0.39, 0.29) is 5.91 Å². The molecule has 0 saturated heterocycles. The highest BCUT2D eigenvalue weighted by Gasteiger charge is 2.08. The number of aromatic nitrogens is 1. The predicted molar refractivity (Wildman–Crippen MR) is 109 cm³/mol. The predicted octanol–water partition coefficient (Wildman–Crippen LogP) is 4.31. The lowest BCUT2D eigenvalue weighted by molar-refractivity contribution is 0.102. The van der Waals surface area contributed by atoms with Gasteiger partial charge in [0.2, 0.25) is 0 Å². The van der Waals surface area contributed by atoms with Crippen LogP contribution < -0.4 is 14.8 Å². The Hall–Kier alpha value is -2.90. The van der Waals surface area contributed by atoms with Crippen LogP contribution in [-0.2, 0) is 11.3 Å². The van der Waals surface area contributed by atoms with Gasteiger partial charge in [0.1, 0.15) is 24.7 Å². The number of nitrogens with one attached hydrogen (secondary N) is 1. The zero-order valence-electron chi connectivity index (χ0n) is 15.8. The average Bonchev–Trinajstić information content (AvgIpc) is 3.13. The van der Waals surface area contributed by atoms with Gasteiger partial charge in [-0.1, -0.05) is 6.07 Å². The number of rotatable bonds is 9. The van der Waals surface area contributed by atoms with Crippen molar-refractivity contribution in [2.75, 3.05) is 25.6 Å². The molecule has 1 heterocycles. The van der Waals surface area contributed by atoms with E-state index in [4.69, 9.17) is 14.2 Å². The summed E-state index contributed by atoms with van der Waals surface area (Å²) in [6.07, 6.45) is 0. The first-order chi connectivity index (χ1) is 13.6. The Kier molecular flexibility index (Phi) is 7.00. The SMILES string of the molecule is COCCOc1ccc(NC(=O)c2cccc(OCc3csc(C)n3)c2)cc1. The Morgan fingerprint density at radius 3 is 2.61 bits per heavy atom. The summed E-state index contributed by atoms with van der Waals surface area (Å²) in [5.74, 6) is 1.14. The average molecular weight is 398 g/mol. The molecule has 0 fully saturated rings. The van der Waals surface area contributed by atoms with Crippen LogP contribution in [0.3, 0.4) is 0 Å². The van der Waals surface area contributed by atoms with Gasteiger partial charge in [0.25, 0.3) is 5.91 Å². The Labute approximate surface area is 168 Å². The van der Waals surface area contributed by atoms with Crippen molar-refractivity contribution in [2.45, 2.75) is 13.5 Å². The Balaban J connectivity index is 1.56. The smallest absolute Gasteiger partial charge is 0.255 e. The molecule has 0 radical (unpaired) electrons. The molecule has 7 heteroatoms. The molecule has 28 heavy (non-hydrogen) atoms. The van der Waals surface area contributed by atoms with Crippen LogP contribution in [-0.4, -0.2) is 31.2 Å². The molecule has 2 aromatic carbocycles. The molecule has 6 nitrogen and oxygen atoms in total. The van der Waals surface area contributed by atoms with Gasteiger partial charge in [-0.3, -0.25) is 4.79 Å². The summed E-state index contributed by atoms with van der Waals surface area (Å²) in [5, 5.41) is 5.84. The van der Waals surface area contributed by atoms with Gasteiger partial charge in [-0.15, -0.1) is 11.3 Å². The number of ether oxygens (including phenoxy) is 3. The van der Waals surface area contributed by atoms with Crippen molar-refractivity contribution >= 4 is 22.9 Å². The largest absolute Gasteiger partial charge is 0.491 e. The number of hydrogen-bond acceptors (Lipinski definition) is 6. The highest BCUT2D eigenvalue weighted by atomic mass is 32.1. The van der Waals surface area contributed by atoms with Crippen LogP contribution in [0.25, 0.3) is 0 Å². The van der Waals surface area contributed by atoms with Crippen LogP contribution in [0.2, 0.25) is 0 Å². The number of amides is 1. The standard InChI is InChI=1S/C21H22N2O4S/c1-15-22-18(14-28-15)13-27-20-5-3-4-16(12-20)21(24)23-17-6-8-19(9-7-17)26-11-10-25-2/h3-9,12,14H,10-11,13H2,1-2H3,(H,23,24). The number of nitrogens with zero attached hydrogens (tertiary/aromatic N) is 1. The molecule has 0 aliphatic carbocycles. The van der Waals surface area contributed by atoms with Crippen molar-refractivity contribution in [3.8, 4) is 11.5 Å². The number of hydrogen-bond donors (Lipinski definition) is 1. The number of carbonyl (C=O) groups excluding carboxylic acids is 1. The topological polar surface area (TPSA) is 69.7 Å². The zero-order valence-corrected chi connectivity index (χ0v) is 16.6. The summed E-state index contributed by atoms with van der Waals surface area (Å²) in [7, 11) is 1.63. The van der Waals surface area contributed by atoms with Crippen molar-refractivity contribution in [1.82, 2.24) is 4.98 Å². The second kappa shape index (κ2) is 9.87. The van der Waals surface area contributed by atoms with Gasteiger partial charge in [-0.25, -0.2) is 4.98 Å².